The van der Waals surface area contributed by atoms with E-state index in [1.807, 2.05) is 0 Å². The summed E-state index contributed by atoms with van der Waals surface area (Å²) in [6.07, 6.45) is 7.37. The minimum Gasteiger partial charge on any atom is -0.398 e. The Morgan fingerprint density at radius 2 is 1.74 bits per heavy atom. The van der Waals surface area contributed by atoms with Crippen LogP contribution >= 0.6 is 0 Å². The van der Waals surface area contributed by atoms with E-state index in [4.69, 9.17) is 10.9 Å². The highest BCUT2D eigenvalue weighted by molar-refractivity contribution is 7.89. The molecule has 0 atom stereocenters. The lowest BCUT2D eigenvalue weighted by molar-refractivity contribution is 0.598. The highest BCUT2D eigenvalue weighted by atomic mass is 32.2. The maximum atomic E-state index is 11.3. The van der Waals surface area contributed by atoms with Gasteiger partial charge in [0.1, 0.15) is 4.90 Å². The predicted octanol–water partition coefficient (Wildman–Crippen LogP) is 2.05. The lowest BCUT2D eigenvalue weighted by Gasteiger charge is -2.18. The number of benzene rings is 1. The fourth-order valence-corrected chi connectivity index (χ4v) is 3.20. The summed E-state index contributed by atoms with van der Waals surface area (Å²) in [5.41, 5.74) is 6.80. The number of rotatable bonds is 3. The first-order valence-corrected chi connectivity index (χ1v) is 8.20. The van der Waals surface area contributed by atoms with E-state index in [0.29, 0.717) is 6.04 Å². The third-order valence-corrected chi connectivity index (χ3v) is 4.53. The Morgan fingerprint density at radius 1 is 1.11 bits per heavy atom. The molecule has 0 bridgehead atoms. The molecule has 0 unspecified atom stereocenters. The molecular weight excluding hydrogens is 262 g/mol. The van der Waals surface area contributed by atoms with Crippen molar-refractivity contribution < 1.29 is 8.42 Å². The molecule has 106 valence electrons. The van der Waals surface area contributed by atoms with Crippen LogP contribution in [0.15, 0.2) is 23.1 Å². The number of anilines is 2. The van der Waals surface area contributed by atoms with Crippen LogP contribution in [0.4, 0.5) is 11.4 Å². The Morgan fingerprint density at radius 3 is 2.26 bits per heavy atom. The molecule has 6 heteroatoms. The van der Waals surface area contributed by atoms with Crippen molar-refractivity contribution in [1.82, 2.24) is 0 Å². The first-order valence-electron chi connectivity index (χ1n) is 6.66. The molecule has 2 rings (SSSR count). The Balaban J connectivity index is 2.11. The van der Waals surface area contributed by atoms with Crippen LogP contribution in [0.2, 0.25) is 0 Å². The van der Waals surface area contributed by atoms with Crippen molar-refractivity contribution in [3.63, 3.8) is 0 Å². The van der Waals surface area contributed by atoms with E-state index < -0.39 is 10.0 Å². The number of sulfonamides is 1. The summed E-state index contributed by atoms with van der Waals surface area (Å²) in [4.78, 5) is -0.0149. The van der Waals surface area contributed by atoms with Gasteiger partial charge in [-0.1, -0.05) is 25.7 Å². The van der Waals surface area contributed by atoms with Gasteiger partial charge in [-0.2, -0.15) is 0 Å². The monoisotopic (exact) mass is 283 g/mol. The summed E-state index contributed by atoms with van der Waals surface area (Å²) >= 11 is 0. The maximum absolute atomic E-state index is 11.3. The maximum Gasteiger partial charge on any atom is 0.240 e. The molecule has 0 aromatic heterocycles. The largest absolute Gasteiger partial charge is 0.398 e. The normalized spacial score (nSPS) is 17.9. The van der Waals surface area contributed by atoms with Crippen LogP contribution in [0.5, 0.6) is 0 Å². The number of nitrogens with two attached hydrogens (primary N) is 2. The van der Waals surface area contributed by atoms with Gasteiger partial charge >= 0.3 is 0 Å². The van der Waals surface area contributed by atoms with E-state index in [1.165, 1.54) is 31.7 Å². The molecule has 19 heavy (non-hydrogen) atoms. The van der Waals surface area contributed by atoms with Crippen molar-refractivity contribution >= 4 is 21.4 Å². The van der Waals surface area contributed by atoms with Gasteiger partial charge in [-0.05, 0) is 31.0 Å². The van der Waals surface area contributed by atoms with Gasteiger partial charge in [-0.15, -0.1) is 0 Å². The zero-order valence-corrected chi connectivity index (χ0v) is 11.7. The van der Waals surface area contributed by atoms with Crippen LogP contribution in [0.1, 0.15) is 38.5 Å². The summed E-state index contributed by atoms with van der Waals surface area (Å²) in [5, 5.41) is 8.51. The first kappa shape index (κ1) is 14.1. The van der Waals surface area contributed by atoms with Crippen LogP contribution in [0.3, 0.4) is 0 Å². The van der Waals surface area contributed by atoms with E-state index in [1.54, 1.807) is 12.1 Å². The molecule has 1 aromatic rings. The minimum absolute atomic E-state index is 0.0149. The number of primary sulfonamides is 1. The number of nitrogen functional groups attached to an aromatic ring is 1. The molecule has 0 aliphatic heterocycles. The van der Waals surface area contributed by atoms with E-state index in [2.05, 4.69) is 5.32 Å². The number of hydrogen-bond acceptors (Lipinski definition) is 4. The first-order chi connectivity index (χ1) is 8.97. The van der Waals surface area contributed by atoms with Crippen LogP contribution in [0, 0.1) is 0 Å². The van der Waals surface area contributed by atoms with Crippen LogP contribution in [-0.4, -0.2) is 14.5 Å². The second-order valence-corrected chi connectivity index (χ2v) is 6.66. The highest BCUT2D eigenvalue weighted by Crippen LogP contribution is 2.25. The molecule has 0 saturated heterocycles. The zero-order valence-electron chi connectivity index (χ0n) is 10.9. The van der Waals surface area contributed by atoms with E-state index in [0.717, 1.165) is 18.5 Å². The Labute approximate surface area is 114 Å². The summed E-state index contributed by atoms with van der Waals surface area (Å²) in [5.74, 6) is 0. The van der Waals surface area contributed by atoms with Gasteiger partial charge in [-0.25, -0.2) is 13.6 Å². The average molecular weight is 283 g/mol. The fourth-order valence-electron chi connectivity index (χ4n) is 2.56. The second kappa shape index (κ2) is 5.79. The van der Waals surface area contributed by atoms with Crippen molar-refractivity contribution in [2.75, 3.05) is 11.1 Å². The molecule has 1 aromatic carbocycles. The molecular formula is C13H21N3O2S. The molecule has 5 N–H and O–H groups in total. The van der Waals surface area contributed by atoms with Gasteiger partial charge < -0.3 is 11.1 Å². The average Bonchev–Trinajstić information content (AvgIpc) is 2.56. The summed E-state index contributed by atoms with van der Waals surface area (Å²) in [6.45, 7) is 0. The van der Waals surface area contributed by atoms with Crippen molar-refractivity contribution in [1.29, 1.82) is 0 Å². The summed E-state index contributed by atoms with van der Waals surface area (Å²) in [7, 11) is -3.74. The molecule has 1 saturated carbocycles. The molecule has 0 amide bonds. The standard InChI is InChI=1S/C13H21N3O2S/c14-12-9-11(7-8-13(12)19(15,17)18)16-10-5-3-1-2-4-6-10/h7-10,16H,1-6,14H2,(H2,15,17,18). The highest BCUT2D eigenvalue weighted by Gasteiger charge is 2.15. The van der Waals surface area contributed by atoms with Crippen LogP contribution in [-0.2, 0) is 10.0 Å². The molecule has 1 fully saturated rings. The van der Waals surface area contributed by atoms with Crippen molar-refractivity contribution in [3.05, 3.63) is 18.2 Å². The smallest absolute Gasteiger partial charge is 0.240 e. The Hall–Kier alpha value is -1.27. The second-order valence-electron chi connectivity index (χ2n) is 5.13. The lowest BCUT2D eigenvalue weighted by atomic mass is 10.1. The molecule has 1 aliphatic rings. The third kappa shape index (κ3) is 3.84. The molecule has 0 radical (unpaired) electrons. The SMILES string of the molecule is Nc1cc(NC2CCCCCC2)ccc1S(N)(=O)=O. The molecule has 0 spiro atoms. The molecule has 1 aliphatic carbocycles. The van der Waals surface area contributed by atoms with E-state index in [-0.39, 0.29) is 10.6 Å². The quantitative estimate of drug-likeness (QED) is 0.584. The fraction of sp³-hybridized carbons (Fsp3) is 0.538. The number of hydrogen-bond donors (Lipinski definition) is 3. The number of nitrogens with one attached hydrogen (secondary N) is 1. The van der Waals surface area contributed by atoms with Gasteiger partial charge in [0.25, 0.3) is 0 Å². The van der Waals surface area contributed by atoms with Gasteiger partial charge in [0.2, 0.25) is 10.0 Å². The van der Waals surface area contributed by atoms with Crippen LogP contribution in [0.25, 0.3) is 0 Å². The van der Waals surface area contributed by atoms with Gasteiger partial charge in [0, 0.05) is 11.7 Å². The third-order valence-electron chi connectivity index (χ3n) is 3.54. The van der Waals surface area contributed by atoms with Gasteiger partial charge in [0.05, 0.1) is 5.69 Å². The zero-order chi connectivity index (χ0) is 13.9. The van der Waals surface area contributed by atoms with Gasteiger partial charge in [-0.3, -0.25) is 0 Å². The minimum atomic E-state index is -3.74. The van der Waals surface area contributed by atoms with E-state index in [9.17, 15) is 8.42 Å². The molecule has 0 heterocycles. The molecule has 5 nitrogen and oxygen atoms in total. The topological polar surface area (TPSA) is 98.2 Å². The lowest BCUT2D eigenvalue weighted by Crippen LogP contribution is -2.19. The predicted molar refractivity (Wildman–Crippen MR) is 77.3 cm³/mol. The van der Waals surface area contributed by atoms with Crippen molar-refractivity contribution in [2.45, 2.75) is 49.5 Å². The van der Waals surface area contributed by atoms with E-state index >= 15 is 0 Å². The van der Waals surface area contributed by atoms with Crippen molar-refractivity contribution in [3.8, 4) is 0 Å². The Kier molecular flexibility index (Phi) is 4.31. The summed E-state index contributed by atoms with van der Waals surface area (Å²) in [6, 6.07) is 5.28. The Bertz CT molecular complexity index is 535. The van der Waals surface area contributed by atoms with Gasteiger partial charge in [0.15, 0.2) is 0 Å². The summed E-state index contributed by atoms with van der Waals surface area (Å²) < 4.78 is 22.6. The van der Waals surface area contributed by atoms with Crippen molar-refractivity contribution in [2.24, 2.45) is 5.14 Å². The van der Waals surface area contributed by atoms with Crippen LogP contribution < -0.4 is 16.2 Å².